The molecule has 3 rings (SSSR count). The zero-order chi connectivity index (χ0) is 14.1. The van der Waals surface area contributed by atoms with Crippen molar-refractivity contribution < 1.29 is 14.3 Å². The molecule has 7 heteroatoms. The van der Waals surface area contributed by atoms with Crippen LogP contribution in [0.5, 0.6) is 0 Å². The van der Waals surface area contributed by atoms with Crippen LogP contribution in [0, 0.1) is 5.82 Å². The zero-order valence-electron chi connectivity index (χ0n) is 10.2. The number of benzene rings is 1. The minimum Gasteiger partial charge on any atom is -0.481 e. The second-order valence-electron chi connectivity index (χ2n) is 4.15. The van der Waals surface area contributed by atoms with Crippen molar-refractivity contribution in [2.24, 2.45) is 0 Å². The van der Waals surface area contributed by atoms with Gasteiger partial charge in [0.05, 0.1) is 5.69 Å². The topological polar surface area (TPSA) is 80.4 Å². The molecule has 0 saturated carbocycles. The molecule has 1 N–H and O–H groups in total. The fourth-order valence-corrected chi connectivity index (χ4v) is 1.91. The summed E-state index contributed by atoms with van der Waals surface area (Å²) in [5, 5.41) is 12.9. The molecule has 6 nitrogen and oxygen atoms in total. The predicted molar refractivity (Wildman–Crippen MR) is 67.5 cm³/mol. The summed E-state index contributed by atoms with van der Waals surface area (Å²) in [5.41, 5.74) is 1.21. The first-order chi connectivity index (χ1) is 9.63. The monoisotopic (exact) mass is 272 g/mol. The Morgan fingerprint density at radius 1 is 1.35 bits per heavy atom. The van der Waals surface area contributed by atoms with Crippen LogP contribution in [0.15, 0.2) is 36.5 Å². The molecule has 1 aromatic carbocycles. The summed E-state index contributed by atoms with van der Waals surface area (Å²) in [6.07, 6.45) is 1.24. The maximum absolute atomic E-state index is 13.3. The first kappa shape index (κ1) is 12.2. The van der Waals surface area contributed by atoms with E-state index in [0.717, 1.165) is 0 Å². The SMILES string of the molecule is O=C(O)Cc1nc2nccc(-c3cccc(F)c3)n2n1. The van der Waals surface area contributed by atoms with E-state index in [4.69, 9.17) is 5.11 Å². The average molecular weight is 272 g/mol. The molecule has 0 unspecified atom stereocenters. The molecule has 0 atom stereocenters. The number of fused-ring (bicyclic) bond motifs is 1. The van der Waals surface area contributed by atoms with Gasteiger partial charge in [-0.05, 0) is 18.2 Å². The van der Waals surface area contributed by atoms with Gasteiger partial charge in [0.25, 0.3) is 5.78 Å². The second kappa shape index (κ2) is 4.69. The smallest absolute Gasteiger partial charge is 0.311 e. The maximum atomic E-state index is 13.3. The molecule has 20 heavy (non-hydrogen) atoms. The van der Waals surface area contributed by atoms with Gasteiger partial charge >= 0.3 is 5.97 Å². The van der Waals surface area contributed by atoms with Gasteiger partial charge in [0, 0.05) is 11.8 Å². The summed E-state index contributed by atoms with van der Waals surface area (Å²) >= 11 is 0. The van der Waals surface area contributed by atoms with Crippen molar-refractivity contribution in [2.45, 2.75) is 6.42 Å². The average Bonchev–Trinajstić information content (AvgIpc) is 2.79. The first-order valence-corrected chi connectivity index (χ1v) is 5.82. The Hall–Kier alpha value is -2.83. The Balaban J connectivity index is 2.16. The van der Waals surface area contributed by atoms with Crippen LogP contribution in [0.1, 0.15) is 5.82 Å². The van der Waals surface area contributed by atoms with Crippen LogP contribution in [0.25, 0.3) is 17.0 Å². The lowest BCUT2D eigenvalue weighted by molar-refractivity contribution is -0.136. The fraction of sp³-hybridized carbons (Fsp3) is 0.0769. The van der Waals surface area contributed by atoms with Gasteiger partial charge in [-0.3, -0.25) is 4.79 Å². The minimum atomic E-state index is -1.02. The van der Waals surface area contributed by atoms with Crippen LogP contribution in [-0.2, 0) is 11.2 Å². The lowest BCUT2D eigenvalue weighted by atomic mass is 10.1. The number of carboxylic acids is 1. The van der Waals surface area contributed by atoms with Gasteiger partial charge in [-0.15, -0.1) is 5.10 Å². The highest BCUT2D eigenvalue weighted by atomic mass is 19.1. The Labute approximate surface area is 112 Å². The van der Waals surface area contributed by atoms with E-state index in [0.29, 0.717) is 11.3 Å². The lowest BCUT2D eigenvalue weighted by Gasteiger charge is -2.03. The third kappa shape index (κ3) is 2.20. The quantitative estimate of drug-likeness (QED) is 0.782. The van der Waals surface area contributed by atoms with Crippen LogP contribution < -0.4 is 0 Å². The normalized spacial score (nSPS) is 10.8. The Kier molecular flexibility index (Phi) is 2.86. The van der Waals surface area contributed by atoms with E-state index in [1.54, 1.807) is 18.2 Å². The number of carbonyl (C=O) groups is 1. The summed E-state index contributed by atoms with van der Waals surface area (Å²) < 4.78 is 14.7. The first-order valence-electron chi connectivity index (χ1n) is 5.82. The summed E-state index contributed by atoms with van der Waals surface area (Å²) in [5.74, 6) is -0.941. The highest BCUT2D eigenvalue weighted by Gasteiger charge is 2.12. The molecule has 0 bridgehead atoms. The zero-order valence-corrected chi connectivity index (χ0v) is 10.2. The molecule has 0 aliphatic heterocycles. The number of hydrogen-bond donors (Lipinski definition) is 1. The molecule has 0 amide bonds. The molecule has 0 fully saturated rings. The molecule has 2 aromatic heterocycles. The largest absolute Gasteiger partial charge is 0.481 e. The molecule has 0 aliphatic rings. The molecule has 100 valence electrons. The van der Waals surface area contributed by atoms with E-state index < -0.39 is 5.97 Å². The van der Waals surface area contributed by atoms with E-state index in [1.807, 2.05) is 0 Å². The molecule has 0 spiro atoms. The Morgan fingerprint density at radius 2 is 2.20 bits per heavy atom. The van der Waals surface area contributed by atoms with Crippen LogP contribution in [0.4, 0.5) is 4.39 Å². The highest BCUT2D eigenvalue weighted by molar-refractivity contribution is 5.69. The Bertz CT molecular complexity index is 800. The molecular weight excluding hydrogens is 263 g/mol. The van der Waals surface area contributed by atoms with Gasteiger partial charge in [0.15, 0.2) is 5.82 Å². The standard InChI is InChI=1S/C13H9FN4O2/c14-9-3-1-2-8(6-9)10-4-5-15-13-16-11(7-12(19)20)17-18(10)13/h1-6H,7H2,(H,19,20). The number of nitrogens with zero attached hydrogens (tertiary/aromatic N) is 4. The highest BCUT2D eigenvalue weighted by Crippen LogP contribution is 2.19. The minimum absolute atomic E-state index is 0.161. The number of aromatic nitrogens is 4. The van der Waals surface area contributed by atoms with Crippen molar-refractivity contribution in [1.82, 2.24) is 19.6 Å². The summed E-state index contributed by atoms with van der Waals surface area (Å²) in [4.78, 5) is 18.7. The van der Waals surface area contributed by atoms with E-state index in [9.17, 15) is 9.18 Å². The third-order valence-corrected chi connectivity index (χ3v) is 2.71. The van der Waals surface area contributed by atoms with E-state index in [-0.39, 0.29) is 23.8 Å². The molecule has 3 aromatic rings. The Morgan fingerprint density at radius 3 is 2.95 bits per heavy atom. The van der Waals surface area contributed by atoms with E-state index >= 15 is 0 Å². The number of halogens is 1. The van der Waals surface area contributed by atoms with Crippen LogP contribution >= 0.6 is 0 Å². The summed E-state index contributed by atoms with van der Waals surface area (Å²) in [6.45, 7) is 0. The number of hydrogen-bond acceptors (Lipinski definition) is 4. The number of rotatable bonds is 3. The van der Waals surface area contributed by atoms with Gasteiger partial charge in [0.2, 0.25) is 0 Å². The lowest BCUT2D eigenvalue weighted by Crippen LogP contribution is -2.02. The van der Waals surface area contributed by atoms with Crippen molar-refractivity contribution in [2.75, 3.05) is 0 Å². The summed E-state index contributed by atoms with van der Waals surface area (Å²) in [7, 11) is 0. The second-order valence-corrected chi connectivity index (χ2v) is 4.15. The van der Waals surface area contributed by atoms with Crippen molar-refractivity contribution >= 4 is 11.7 Å². The molecular formula is C13H9FN4O2. The third-order valence-electron chi connectivity index (χ3n) is 2.71. The van der Waals surface area contributed by atoms with Crippen molar-refractivity contribution in [1.29, 1.82) is 0 Å². The van der Waals surface area contributed by atoms with Gasteiger partial charge in [-0.25, -0.2) is 9.37 Å². The van der Waals surface area contributed by atoms with Crippen LogP contribution in [0.3, 0.4) is 0 Å². The van der Waals surface area contributed by atoms with Gasteiger partial charge in [0.1, 0.15) is 12.2 Å². The van der Waals surface area contributed by atoms with E-state index in [2.05, 4.69) is 15.1 Å². The molecule has 0 radical (unpaired) electrons. The molecule has 2 heterocycles. The number of carboxylic acid groups (broad SMARTS) is 1. The van der Waals surface area contributed by atoms with E-state index in [1.165, 1.54) is 22.8 Å². The van der Waals surface area contributed by atoms with Gasteiger partial charge < -0.3 is 5.11 Å². The fourth-order valence-electron chi connectivity index (χ4n) is 1.91. The maximum Gasteiger partial charge on any atom is 0.311 e. The van der Waals surface area contributed by atoms with Crippen molar-refractivity contribution in [3.8, 4) is 11.3 Å². The van der Waals surface area contributed by atoms with Gasteiger partial charge in [-0.2, -0.15) is 9.50 Å². The molecule has 0 aliphatic carbocycles. The van der Waals surface area contributed by atoms with Crippen LogP contribution in [-0.4, -0.2) is 30.7 Å². The predicted octanol–water partition coefficient (Wildman–Crippen LogP) is 1.56. The molecule has 0 saturated heterocycles. The van der Waals surface area contributed by atoms with Crippen LogP contribution in [0.2, 0.25) is 0 Å². The number of aliphatic carboxylic acids is 1. The van der Waals surface area contributed by atoms with Crippen molar-refractivity contribution in [3.63, 3.8) is 0 Å². The summed E-state index contributed by atoms with van der Waals surface area (Å²) in [6, 6.07) is 7.70. The van der Waals surface area contributed by atoms with Crippen molar-refractivity contribution in [3.05, 3.63) is 48.2 Å². The van der Waals surface area contributed by atoms with Gasteiger partial charge in [-0.1, -0.05) is 12.1 Å².